The van der Waals surface area contributed by atoms with Crippen molar-refractivity contribution in [1.29, 1.82) is 21.0 Å². The van der Waals surface area contributed by atoms with Gasteiger partial charge in [0.05, 0.1) is 11.3 Å². The van der Waals surface area contributed by atoms with Crippen LogP contribution in [0.3, 0.4) is 0 Å². The van der Waals surface area contributed by atoms with E-state index in [1.54, 1.807) is 48.5 Å². The first-order valence-electron chi connectivity index (χ1n) is 10.1. The summed E-state index contributed by atoms with van der Waals surface area (Å²) in [5.41, 5.74) is 0.411. The average molecular weight is 457 g/mol. The van der Waals surface area contributed by atoms with Crippen LogP contribution in [0.1, 0.15) is 22.3 Å². The van der Waals surface area contributed by atoms with E-state index in [0.29, 0.717) is 34.0 Å². The van der Waals surface area contributed by atoms with Crippen LogP contribution in [0.2, 0.25) is 0 Å². The van der Waals surface area contributed by atoms with E-state index in [1.165, 1.54) is 12.3 Å². The summed E-state index contributed by atoms with van der Waals surface area (Å²) in [4.78, 5) is 4.36. The first-order valence-corrected chi connectivity index (χ1v) is 10.1. The van der Waals surface area contributed by atoms with Crippen LogP contribution >= 0.6 is 0 Å². The van der Waals surface area contributed by atoms with Crippen LogP contribution in [0.25, 0.3) is 28.0 Å². The van der Waals surface area contributed by atoms with Gasteiger partial charge in [0.15, 0.2) is 0 Å². The maximum atomic E-state index is 15.2. The molecular formula is C27H9F2N5O. The lowest BCUT2D eigenvalue weighted by Gasteiger charge is -2.12. The Balaban J connectivity index is 2.12. The highest BCUT2D eigenvalue weighted by atomic mass is 19.1. The molecule has 0 bridgehead atoms. The lowest BCUT2D eigenvalue weighted by molar-refractivity contribution is 0.477. The zero-order valence-electron chi connectivity index (χ0n) is 17.6. The molecule has 1 aromatic heterocycles. The molecular weight excluding hydrogens is 448 g/mol. The molecule has 2 aromatic carbocycles. The van der Waals surface area contributed by atoms with E-state index in [2.05, 4.69) is 4.98 Å². The van der Waals surface area contributed by atoms with Gasteiger partial charge < -0.3 is 5.11 Å². The number of nitrogens with zero attached hydrogens (tertiary/aromatic N) is 5. The Labute approximate surface area is 197 Å². The molecule has 6 nitrogen and oxygen atoms in total. The van der Waals surface area contributed by atoms with Crippen LogP contribution in [0.5, 0.6) is 5.75 Å². The minimum atomic E-state index is -1.05. The summed E-state index contributed by atoms with van der Waals surface area (Å²) < 4.78 is 29.6. The Hall–Kier alpha value is -5.57. The highest BCUT2D eigenvalue weighted by Gasteiger charge is 2.40. The van der Waals surface area contributed by atoms with Crippen LogP contribution in [0.15, 0.2) is 65.4 Å². The van der Waals surface area contributed by atoms with E-state index in [1.807, 2.05) is 0 Å². The van der Waals surface area contributed by atoms with Crippen LogP contribution in [-0.4, -0.2) is 10.1 Å². The largest absolute Gasteiger partial charge is 0.507 e. The first-order chi connectivity index (χ1) is 17.0. The molecule has 35 heavy (non-hydrogen) atoms. The van der Waals surface area contributed by atoms with E-state index < -0.39 is 22.8 Å². The summed E-state index contributed by atoms with van der Waals surface area (Å²) in [7, 11) is 0. The second-order valence-corrected chi connectivity index (χ2v) is 7.61. The summed E-state index contributed by atoms with van der Waals surface area (Å²) in [6.45, 7) is 0. The molecule has 3 aromatic rings. The maximum absolute atomic E-state index is 15.2. The molecule has 1 heterocycles. The second kappa shape index (κ2) is 7.78. The number of phenols is 1. The van der Waals surface area contributed by atoms with Gasteiger partial charge in [-0.15, -0.1) is 0 Å². The van der Waals surface area contributed by atoms with Gasteiger partial charge in [-0.1, -0.05) is 18.2 Å². The summed E-state index contributed by atoms with van der Waals surface area (Å²) in [6.07, 6.45) is 1.51. The predicted octanol–water partition coefficient (Wildman–Crippen LogP) is 5.16. The van der Waals surface area contributed by atoms with Crippen LogP contribution < -0.4 is 0 Å². The predicted molar refractivity (Wildman–Crippen MR) is 120 cm³/mol. The van der Waals surface area contributed by atoms with E-state index in [0.717, 1.165) is 6.07 Å². The Kier molecular flexibility index (Phi) is 4.73. The minimum absolute atomic E-state index is 0.0410. The van der Waals surface area contributed by atoms with Crippen molar-refractivity contribution in [3.05, 3.63) is 99.3 Å². The topological polar surface area (TPSA) is 128 Å². The molecule has 0 amide bonds. The molecule has 0 spiro atoms. The molecule has 1 N–H and O–H groups in total. The molecule has 0 atom stereocenters. The lowest BCUT2D eigenvalue weighted by Crippen LogP contribution is -1.96. The normalized spacial score (nSPS) is 14.7. The standard InChI is InChI=1S/C27H9F2N5O/c28-15-7-18-21(13(9-30)10-31)26(22(14(11-32)12-33)24(18)19(29)8-15)23-16-3-1-5-20(35)25(16)27-17(23)4-2-6-34-27/h1-8,35H/b26-23+. The molecule has 2 aliphatic rings. The number of rotatable bonds is 0. The molecule has 162 valence electrons. The zero-order chi connectivity index (χ0) is 24.9. The molecule has 0 fully saturated rings. The number of aromatic hydroxyl groups is 1. The molecule has 8 heteroatoms. The molecule has 0 saturated heterocycles. The zero-order valence-corrected chi connectivity index (χ0v) is 17.6. The third kappa shape index (κ3) is 2.85. The van der Waals surface area contributed by atoms with Gasteiger partial charge in [0.25, 0.3) is 0 Å². The van der Waals surface area contributed by atoms with Crippen molar-refractivity contribution in [3.8, 4) is 41.3 Å². The van der Waals surface area contributed by atoms with Gasteiger partial charge in [-0.05, 0) is 29.3 Å². The van der Waals surface area contributed by atoms with Gasteiger partial charge in [-0.25, -0.2) is 8.78 Å². The van der Waals surface area contributed by atoms with Crippen molar-refractivity contribution < 1.29 is 13.9 Å². The van der Waals surface area contributed by atoms with Gasteiger partial charge in [0.2, 0.25) is 0 Å². The number of pyridine rings is 1. The van der Waals surface area contributed by atoms with Gasteiger partial charge in [0, 0.05) is 45.7 Å². The van der Waals surface area contributed by atoms with Gasteiger partial charge >= 0.3 is 0 Å². The van der Waals surface area contributed by atoms with Crippen molar-refractivity contribution in [2.75, 3.05) is 0 Å². The second-order valence-electron chi connectivity index (χ2n) is 7.61. The monoisotopic (exact) mass is 457 g/mol. The number of halogens is 2. The number of hydrogen-bond acceptors (Lipinski definition) is 6. The van der Waals surface area contributed by atoms with Crippen molar-refractivity contribution in [3.63, 3.8) is 0 Å². The van der Waals surface area contributed by atoms with Gasteiger partial charge in [-0.2, -0.15) is 21.0 Å². The van der Waals surface area contributed by atoms with E-state index in [-0.39, 0.29) is 33.6 Å². The van der Waals surface area contributed by atoms with E-state index in [4.69, 9.17) is 0 Å². The Morgan fingerprint density at radius 3 is 2.09 bits per heavy atom. The number of benzene rings is 2. The van der Waals surface area contributed by atoms with Crippen LogP contribution in [-0.2, 0) is 0 Å². The number of fused-ring (bicyclic) bond motifs is 4. The quantitative estimate of drug-likeness (QED) is 0.363. The average Bonchev–Trinajstić information content (AvgIpc) is 3.35. The van der Waals surface area contributed by atoms with Crippen LogP contribution in [0, 0.1) is 57.0 Å². The third-order valence-electron chi connectivity index (χ3n) is 5.90. The van der Waals surface area contributed by atoms with Gasteiger partial charge in [-0.3, -0.25) is 4.98 Å². The molecule has 5 rings (SSSR count). The highest BCUT2D eigenvalue weighted by Crippen LogP contribution is 2.57. The Bertz CT molecular complexity index is 1740. The fourth-order valence-electron chi connectivity index (χ4n) is 4.66. The number of phenolic OH excluding ortho intramolecular Hbond substituents is 1. The summed E-state index contributed by atoms with van der Waals surface area (Å²) in [6, 6.07) is 16.6. The SMILES string of the molecule is N#CC(C#N)=C1/C(=C2\c3cccnc3-c3c(O)cccc32)C(=C(C#N)C#N)c2c(F)cc(F)cc21. The third-order valence-corrected chi connectivity index (χ3v) is 5.90. The molecule has 0 unspecified atom stereocenters. The van der Waals surface area contributed by atoms with Crippen LogP contribution in [0.4, 0.5) is 8.78 Å². The van der Waals surface area contributed by atoms with E-state index in [9.17, 15) is 30.5 Å². The number of allylic oxidation sites excluding steroid dienone is 5. The minimum Gasteiger partial charge on any atom is -0.507 e. The number of hydrogen-bond donors (Lipinski definition) is 1. The fourth-order valence-corrected chi connectivity index (χ4v) is 4.66. The fraction of sp³-hybridized carbons (Fsp3) is 0. The lowest BCUT2D eigenvalue weighted by atomic mass is 9.88. The number of aromatic nitrogens is 1. The summed E-state index contributed by atoms with van der Waals surface area (Å²) >= 11 is 0. The Morgan fingerprint density at radius 1 is 0.743 bits per heavy atom. The van der Waals surface area contributed by atoms with Crippen molar-refractivity contribution >= 4 is 16.7 Å². The van der Waals surface area contributed by atoms with Gasteiger partial charge in [0.1, 0.15) is 52.8 Å². The Morgan fingerprint density at radius 2 is 1.40 bits per heavy atom. The molecule has 2 aliphatic carbocycles. The smallest absolute Gasteiger partial charge is 0.138 e. The van der Waals surface area contributed by atoms with Crippen molar-refractivity contribution in [2.24, 2.45) is 0 Å². The molecule has 0 aliphatic heterocycles. The highest BCUT2D eigenvalue weighted by molar-refractivity contribution is 6.21. The summed E-state index contributed by atoms with van der Waals surface area (Å²) in [5, 5.41) is 49.6. The van der Waals surface area contributed by atoms with E-state index >= 15 is 4.39 Å². The molecule has 0 saturated carbocycles. The number of nitriles is 4. The van der Waals surface area contributed by atoms with Crippen molar-refractivity contribution in [1.82, 2.24) is 4.98 Å². The first kappa shape index (κ1) is 21.3. The van der Waals surface area contributed by atoms with Crippen molar-refractivity contribution in [2.45, 2.75) is 0 Å². The summed E-state index contributed by atoms with van der Waals surface area (Å²) in [5.74, 6) is -2.10. The maximum Gasteiger partial charge on any atom is 0.138 e. The molecule has 0 radical (unpaired) electrons.